The fourth-order valence-electron chi connectivity index (χ4n) is 1.31. The Bertz CT molecular complexity index is 122. The van der Waals surface area contributed by atoms with Crippen molar-refractivity contribution >= 4 is 11.6 Å². The summed E-state index contributed by atoms with van der Waals surface area (Å²) in [5, 5.41) is 9.50. The van der Waals surface area contributed by atoms with Crippen LogP contribution in [0.4, 0.5) is 0 Å². The summed E-state index contributed by atoms with van der Waals surface area (Å²) in [6.45, 7) is 7.36. The van der Waals surface area contributed by atoms with E-state index in [0.717, 1.165) is 6.54 Å². The Kier molecular flexibility index (Phi) is 5.14. The van der Waals surface area contributed by atoms with E-state index in [1.54, 1.807) is 0 Å². The van der Waals surface area contributed by atoms with E-state index < -0.39 is 5.60 Å². The standard InChI is InChI=1S/C9H20ClNO/c1-8(5-10)6-11(4)7-9(2,3)12/h8,12H,5-7H2,1-4H3. The Morgan fingerprint density at radius 3 is 2.33 bits per heavy atom. The maximum atomic E-state index is 9.50. The molecule has 0 rings (SSSR count). The lowest BCUT2D eigenvalue weighted by Crippen LogP contribution is -2.38. The van der Waals surface area contributed by atoms with Crippen LogP contribution in [0, 0.1) is 5.92 Å². The third-order valence-corrected chi connectivity index (χ3v) is 2.07. The highest BCUT2D eigenvalue weighted by Gasteiger charge is 2.16. The van der Waals surface area contributed by atoms with Gasteiger partial charge in [-0.25, -0.2) is 0 Å². The van der Waals surface area contributed by atoms with Gasteiger partial charge in [-0.05, 0) is 26.8 Å². The second kappa shape index (κ2) is 5.05. The first-order valence-electron chi connectivity index (χ1n) is 4.32. The molecule has 74 valence electrons. The lowest BCUT2D eigenvalue weighted by molar-refractivity contribution is 0.0417. The molecule has 0 saturated heterocycles. The molecule has 0 aromatic rings. The van der Waals surface area contributed by atoms with E-state index in [9.17, 15) is 5.11 Å². The molecule has 0 aliphatic carbocycles. The molecule has 0 heterocycles. The van der Waals surface area contributed by atoms with Crippen molar-refractivity contribution in [3.05, 3.63) is 0 Å². The summed E-state index contributed by atoms with van der Waals surface area (Å²) in [5.74, 6) is 1.16. The van der Waals surface area contributed by atoms with Crippen molar-refractivity contribution in [2.24, 2.45) is 5.92 Å². The van der Waals surface area contributed by atoms with Crippen molar-refractivity contribution in [1.29, 1.82) is 0 Å². The van der Waals surface area contributed by atoms with Crippen LogP contribution in [0.2, 0.25) is 0 Å². The molecule has 1 atom stereocenters. The number of hydrogen-bond donors (Lipinski definition) is 1. The maximum absolute atomic E-state index is 9.50. The van der Waals surface area contributed by atoms with Crippen molar-refractivity contribution in [2.45, 2.75) is 26.4 Å². The van der Waals surface area contributed by atoms with Gasteiger partial charge in [-0.3, -0.25) is 0 Å². The van der Waals surface area contributed by atoms with Gasteiger partial charge in [0.05, 0.1) is 5.60 Å². The second-order valence-corrected chi connectivity index (χ2v) is 4.58. The third kappa shape index (κ3) is 6.89. The Morgan fingerprint density at radius 1 is 1.50 bits per heavy atom. The molecule has 0 aromatic heterocycles. The zero-order valence-corrected chi connectivity index (χ0v) is 9.23. The van der Waals surface area contributed by atoms with E-state index in [1.165, 1.54) is 0 Å². The number of rotatable bonds is 5. The average Bonchev–Trinajstić information content (AvgIpc) is 1.82. The second-order valence-electron chi connectivity index (χ2n) is 4.27. The highest BCUT2D eigenvalue weighted by Crippen LogP contribution is 2.06. The van der Waals surface area contributed by atoms with E-state index in [1.807, 2.05) is 20.9 Å². The normalized spacial score (nSPS) is 15.2. The molecule has 12 heavy (non-hydrogen) atoms. The van der Waals surface area contributed by atoms with E-state index in [4.69, 9.17) is 11.6 Å². The van der Waals surface area contributed by atoms with Gasteiger partial charge < -0.3 is 10.0 Å². The van der Waals surface area contributed by atoms with E-state index in [2.05, 4.69) is 11.8 Å². The monoisotopic (exact) mass is 193 g/mol. The molecule has 0 saturated carbocycles. The summed E-state index contributed by atoms with van der Waals surface area (Å²) < 4.78 is 0. The molecule has 0 fully saturated rings. The van der Waals surface area contributed by atoms with Gasteiger partial charge in [-0.2, -0.15) is 0 Å². The van der Waals surface area contributed by atoms with Gasteiger partial charge in [0.1, 0.15) is 0 Å². The minimum atomic E-state index is -0.610. The van der Waals surface area contributed by atoms with Crippen molar-refractivity contribution in [3.63, 3.8) is 0 Å². The molecular weight excluding hydrogens is 174 g/mol. The molecule has 1 unspecified atom stereocenters. The summed E-state index contributed by atoms with van der Waals surface area (Å²) in [7, 11) is 2.00. The molecule has 0 aliphatic heterocycles. The van der Waals surface area contributed by atoms with E-state index >= 15 is 0 Å². The van der Waals surface area contributed by atoms with Crippen LogP contribution in [0.25, 0.3) is 0 Å². The molecule has 0 amide bonds. The molecule has 0 bridgehead atoms. The highest BCUT2D eigenvalue weighted by atomic mass is 35.5. The molecule has 0 radical (unpaired) electrons. The van der Waals surface area contributed by atoms with Crippen LogP contribution in [-0.2, 0) is 0 Å². The predicted molar refractivity (Wildman–Crippen MR) is 53.7 cm³/mol. The van der Waals surface area contributed by atoms with Crippen molar-refractivity contribution in [1.82, 2.24) is 4.90 Å². The number of halogens is 1. The van der Waals surface area contributed by atoms with E-state index in [-0.39, 0.29) is 0 Å². The van der Waals surface area contributed by atoms with Crippen LogP contribution in [0.3, 0.4) is 0 Å². The summed E-state index contributed by atoms with van der Waals surface area (Å²) in [4.78, 5) is 2.10. The molecular formula is C9H20ClNO. The first-order valence-corrected chi connectivity index (χ1v) is 4.85. The number of aliphatic hydroxyl groups is 1. The van der Waals surface area contributed by atoms with E-state index in [0.29, 0.717) is 18.3 Å². The van der Waals surface area contributed by atoms with Crippen LogP contribution < -0.4 is 0 Å². The van der Waals surface area contributed by atoms with Crippen LogP contribution in [-0.4, -0.2) is 41.6 Å². The zero-order chi connectivity index (χ0) is 9.78. The fourth-order valence-corrected chi connectivity index (χ4v) is 1.40. The first-order chi connectivity index (χ1) is 5.35. The molecule has 1 N–H and O–H groups in total. The Morgan fingerprint density at radius 2 is 2.00 bits per heavy atom. The molecule has 0 aliphatic rings. The van der Waals surface area contributed by atoms with Gasteiger partial charge in [-0.15, -0.1) is 11.6 Å². The zero-order valence-electron chi connectivity index (χ0n) is 8.47. The number of nitrogens with zero attached hydrogens (tertiary/aromatic N) is 1. The van der Waals surface area contributed by atoms with Gasteiger partial charge in [-0.1, -0.05) is 6.92 Å². The van der Waals surface area contributed by atoms with Gasteiger partial charge in [0.15, 0.2) is 0 Å². The summed E-state index contributed by atoms with van der Waals surface area (Å²) in [6, 6.07) is 0. The van der Waals surface area contributed by atoms with Crippen LogP contribution in [0.5, 0.6) is 0 Å². The molecule has 0 spiro atoms. The molecule has 2 nitrogen and oxygen atoms in total. The average molecular weight is 194 g/mol. The maximum Gasteiger partial charge on any atom is 0.0718 e. The number of hydrogen-bond acceptors (Lipinski definition) is 2. The lowest BCUT2D eigenvalue weighted by atomic mass is 10.1. The number of likely N-dealkylation sites (N-methyl/N-ethyl adjacent to an activating group) is 1. The number of alkyl halides is 1. The van der Waals surface area contributed by atoms with Gasteiger partial charge in [0.25, 0.3) is 0 Å². The third-order valence-electron chi connectivity index (χ3n) is 1.54. The Hall–Kier alpha value is 0.210. The molecule has 0 aromatic carbocycles. The largest absolute Gasteiger partial charge is 0.389 e. The summed E-state index contributed by atoms with van der Waals surface area (Å²) >= 11 is 5.68. The lowest BCUT2D eigenvalue weighted by Gasteiger charge is -2.27. The fraction of sp³-hybridized carbons (Fsp3) is 1.00. The minimum Gasteiger partial charge on any atom is -0.389 e. The van der Waals surface area contributed by atoms with Gasteiger partial charge >= 0.3 is 0 Å². The molecule has 3 heteroatoms. The van der Waals surface area contributed by atoms with Crippen LogP contribution >= 0.6 is 11.6 Å². The predicted octanol–water partition coefficient (Wildman–Crippen LogP) is 1.56. The Balaban J connectivity index is 3.66. The highest BCUT2D eigenvalue weighted by molar-refractivity contribution is 6.18. The topological polar surface area (TPSA) is 23.5 Å². The Labute approximate surface area is 80.5 Å². The minimum absolute atomic E-state index is 0.485. The van der Waals surface area contributed by atoms with Crippen LogP contribution in [0.15, 0.2) is 0 Å². The van der Waals surface area contributed by atoms with Crippen molar-refractivity contribution in [3.8, 4) is 0 Å². The SMILES string of the molecule is CC(CCl)CN(C)CC(C)(C)O. The smallest absolute Gasteiger partial charge is 0.0718 e. The van der Waals surface area contributed by atoms with Gasteiger partial charge in [0.2, 0.25) is 0 Å². The summed E-state index contributed by atoms with van der Waals surface area (Å²) in [5.41, 5.74) is -0.610. The van der Waals surface area contributed by atoms with Crippen molar-refractivity contribution < 1.29 is 5.11 Å². The quantitative estimate of drug-likeness (QED) is 0.671. The summed E-state index contributed by atoms with van der Waals surface area (Å²) in [6.07, 6.45) is 0. The van der Waals surface area contributed by atoms with Gasteiger partial charge in [0, 0.05) is 19.0 Å². The van der Waals surface area contributed by atoms with Crippen molar-refractivity contribution in [2.75, 3.05) is 26.0 Å². The van der Waals surface area contributed by atoms with Crippen LogP contribution in [0.1, 0.15) is 20.8 Å². The first kappa shape index (κ1) is 12.2.